The molecule has 6 rings (SSSR count). The Bertz CT molecular complexity index is 1820. The molecule has 4 aromatic heterocycles. The average Bonchev–Trinajstić information content (AvgIpc) is 3.03. The quantitative estimate of drug-likeness (QED) is 0.188. The molecule has 0 bridgehead atoms. The van der Waals surface area contributed by atoms with E-state index in [9.17, 15) is 9.41 Å². The monoisotopic (exact) mass is 618 g/mol. The number of pyridine rings is 4. The van der Waals surface area contributed by atoms with E-state index in [4.69, 9.17) is 25.7 Å². The van der Waals surface area contributed by atoms with Crippen molar-refractivity contribution in [1.82, 2.24) is 19.9 Å². The minimum Gasteiger partial charge on any atom is -0.481 e. The van der Waals surface area contributed by atoms with Crippen LogP contribution in [0.5, 0.6) is 5.88 Å². The maximum atomic E-state index is 15.3. The summed E-state index contributed by atoms with van der Waals surface area (Å²) in [7, 11) is 0.215. The second-order valence-corrected chi connectivity index (χ2v) is 10.3. The highest BCUT2D eigenvalue weighted by Crippen LogP contribution is 2.38. The molecule has 44 heavy (non-hydrogen) atoms. The van der Waals surface area contributed by atoms with E-state index in [-0.39, 0.29) is 22.6 Å². The number of anilines is 3. The Morgan fingerprint density at radius 1 is 1.11 bits per heavy atom. The topological polar surface area (TPSA) is 115 Å². The molecule has 10 nitrogen and oxygen atoms in total. The van der Waals surface area contributed by atoms with E-state index in [2.05, 4.69) is 25.3 Å². The van der Waals surface area contributed by atoms with Crippen LogP contribution in [0.1, 0.15) is 5.56 Å². The van der Waals surface area contributed by atoms with Crippen molar-refractivity contribution in [2.45, 2.75) is 13.2 Å². The predicted molar refractivity (Wildman–Crippen MR) is 164 cm³/mol. The van der Waals surface area contributed by atoms with Crippen LogP contribution in [0, 0.1) is 18.6 Å². The largest absolute Gasteiger partial charge is 0.493 e. The Labute approximate surface area is 256 Å². The lowest BCUT2D eigenvalue weighted by Gasteiger charge is -2.35. The number of nitrogens with one attached hydrogen (secondary N) is 1. The van der Waals surface area contributed by atoms with Gasteiger partial charge in [0.1, 0.15) is 11.6 Å². The van der Waals surface area contributed by atoms with Crippen LogP contribution in [-0.2, 0) is 9.39 Å². The third-order valence-electron chi connectivity index (χ3n) is 7.17. The minimum absolute atomic E-state index is 0.103. The summed E-state index contributed by atoms with van der Waals surface area (Å²) < 4.78 is 46.2. The summed E-state index contributed by atoms with van der Waals surface area (Å²) in [5.41, 5.74) is 3.61. The van der Waals surface area contributed by atoms with Gasteiger partial charge in [0.2, 0.25) is 5.88 Å². The Morgan fingerprint density at radius 2 is 1.98 bits per heavy atom. The molecule has 0 spiro atoms. The number of halogens is 3. The van der Waals surface area contributed by atoms with Gasteiger partial charge in [0, 0.05) is 42.7 Å². The van der Waals surface area contributed by atoms with Crippen molar-refractivity contribution in [2.24, 2.45) is 0 Å². The first-order chi connectivity index (χ1) is 21.3. The van der Waals surface area contributed by atoms with Gasteiger partial charge in [-0.15, -0.1) is 0 Å². The summed E-state index contributed by atoms with van der Waals surface area (Å²) in [6.45, 7) is 2.88. The molecular formula is C30H26BClF2N6O4. The van der Waals surface area contributed by atoms with Gasteiger partial charge in [-0.3, -0.25) is 4.98 Å². The van der Waals surface area contributed by atoms with E-state index in [1.165, 1.54) is 19.4 Å². The van der Waals surface area contributed by atoms with Gasteiger partial charge in [-0.25, -0.2) is 23.7 Å². The van der Waals surface area contributed by atoms with E-state index in [1.807, 2.05) is 11.0 Å². The highest BCUT2D eigenvalue weighted by atomic mass is 35.5. The molecule has 2 N–H and O–H groups in total. The fourth-order valence-electron chi connectivity index (χ4n) is 4.99. The van der Waals surface area contributed by atoms with E-state index >= 15 is 4.39 Å². The van der Waals surface area contributed by atoms with Crippen molar-refractivity contribution >= 4 is 52.1 Å². The number of benzene rings is 1. The van der Waals surface area contributed by atoms with Crippen molar-refractivity contribution < 1.29 is 27.9 Å². The molecule has 1 atom stereocenters. The number of hydrogen-bond donors (Lipinski definition) is 2. The van der Waals surface area contributed by atoms with E-state index in [0.29, 0.717) is 58.5 Å². The number of aromatic nitrogens is 4. The first-order valence-corrected chi connectivity index (χ1v) is 14.0. The van der Waals surface area contributed by atoms with Crippen molar-refractivity contribution in [1.29, 1.82) is 0 Å². The Kier molecular flexibility index (Phi) is 8.53. The van der Waals surface area contributed by atoms with Crippen LogP contribution in [0.25, 0.3) is 22.3 Å². The molecular weight excluding hydrogens is 593 g/mol. The van der Waals surface area contributed by atoms with Crippen molar-refractivity contribution in [3.05, 3.63) is 89.5 Å². The molecule has 1 unspecified atom stereocenters. The molecule has 0 aliphatic carbocycles. The van der Waals surface area contributed by atoms with Crippen molar-refractivity contribution in [3.63, 3.8) is 0 Å². The van der Waals surface area contributed by atoms with Gasteiger partial charge >= 0.3 is 7.12 Å². The number of fused-ring (bicyclic) bond motifs is 1. The molecule has 5 heterocycles. The number of methoxy groups -OCH3 is 1. The van der Waals surface area contributed by atoms with Gasteiger partial charge in [0.25, 0.3) is 0 Å². The summed E-state index contributed by atoms with van der Waals surface area (Å²) >= 11 is 6.53. The van der Waals surface area contributed by atoms with Crippen molar-refractivity contribution in [3.8, 4) is 17.3 Å². The van der Waals surface area contributed by atoms with Crippen LogP contribution in [-0.4, -0.2) is 65.2 Å². The molecule has 0 radical (unpaired) electrons. The molecule has 1 aromatic carbocycles. The van der Waals surface area contributed by atoms with Gasteiger partial charge in [-0.1, -0.05) is 17.7 Å². The summed E-state index contributed by atoms with van der Waals surface area (Å²) in [5.74, 6) is -1.18. The zero-order chi connectivity index (χ0) is 30.8. The average molecular weight is 619 g/mol. The smallest absolute Gasteiger partial charge is 0.481 e. The molecule has 224 valence electrons. The third-order valence-corrected chi connectivity index (χ3v) is 7.47. The highest BCUT2D eigenvalue weighted by Gasteiger charge is 2.28. The Hall–Kier alpha value is -4.43. The second-order valence-electron chi connectivity index (χ2n) is 9.98. The normalized spacial score (nSPS) is 15.0. The lowest BCUT2D eigenvalue weighted by atomic mass is 9.80. The van der Waals surface area contributed by atoms with Gasteiger partial charge in [-0.05, 0) is 36.7 Å². The molecule has 0 amide bonds. The zero-order valence-electron chi connectivity index (χ0n) is 23.7. The molecule has 1 aliphatic heterocycles. The number of ether oxygens (including phenoxy) is 2. The van der Waals surface area contributed by atoms with Crippen molar-refractivity contribution in [2.75, 3.05) is 37.0 Å². The zero-order valence-corrected chi connectivity index (χ0v) is 24.4. The number of hydrogen-bond acceptors (Lipinski definition) is 10. The van der Waals surface area contributed by atoms with Crippen LogP contribution in [0.2, 0.25) is 5.15 Å². The Balaban J connectivity index is 1.30. The highest BCUT2D eigenvalue weighted by molar-refractivity contribution is 6.60. The minimum atomic E-state index is -1.27. The summed E-state index contributed by atoms with van der Waals surface area (Å²) in [5, 5.41) is 14.1. The fourth-order valence-corrected chi connectivity index (χ4v) is 5.14. The SMILES string of the molecule is COc1cc(B(O)OC2CN(c3cnc(Cl)c(Nc4c(C)c(-c5ccccn5)nc5cc(F)cc(F)c45)c3)CCO2)ccn1. The lowest BCUT2D eigenvalue weighted by Crippen LogP contribution is -2.48. The molecule has 0 saturated carbocycles. The number of morpholine rings is 1. The summed E-state index contributed by atoms with van der Waals surface area (Å²) in [6.07, 6.45) is 3.97. The summed E-state index contributed by atoms with van der Waals surface area (Å²) in [6, 6.07) is 12.3. The molecule has 1 saturated heterocycles. The fraction of sp³-hybridized carbons (Fsp3) is 0.200. The van der Waals surface area contributed by atoms with Crippen LogP contribution < -0.4 is 20.4 Å². The van der Waals surface area contributed by atoms with Gasteiger partial charge in [0.15, 0.2) is 11.4 Å². The molecule has 1 fully saturated rings. The maximum absolute atomic E-state index is 15.3. The van der Waals surface area contributed by atoms with E-state index < -0.39 is 25.0 Å². The number of rotatable bonds is 8. The Morgan fingerprint density at radius 3 is 2.77 bits per heavy atom. The van der Waals surface area contributed by atoms with Gasteiger partial charge in [0.05, 0.1) is 65.8 Å². The van der Waals surface area contributed by atoms with Crippen LogP contribution >= 0.6 is 11.6 Å². The van der Waals surface area contributed by atoms with Crippen LogP contribution in [0.3, 0.4) is 0 Å². The molecule has 14 heteroatoms. The van der Waals surface area contributed by atoms with Gasteiger partial charge < -0.3 is 29.4 Å². The standard InChI is InChI=1S/C30H26BClF2N6O4/c1-17-28(22-5-3-4-7-35-22)38-23-13-19(33)12-21(34)27(23)29(17)39-24-14-20(15-37-30(24)32)40-9-10-43-26(16-40)44-31(41)18-6-8-36-25(11-18)42-2/h3-8,11-15,26,41H,9-10,16H2,1-2H3,(H,38,39). The van der Waals surface area contributed by atoms with Crippen LogP contribution in [0.4, 0.5) is 25.8 Å². The molecule has 1 aliphatic rings. The van der Waals surface area contributed by atoms with E-state index in [0.717, 1.165) is 6.07 Å². The van der Waals surface area contributed by atoms with E-state index in [1.54, 1.807) is 49.6 Å². The first kappa shape index (κ1) is 29.6. The second kappa shape index (κ2) is 12.7. The first-order valence-electron chi connectivity index (χ1n) is 13.6. The van der Waals surface area contributed by atoms with Crippen LogP contribution in [0.15, 0.2) is 67.1 Å². The van der Waals surface area contributed by atoms with Gasteiger partial charge in [-0.2, -0.15) is 0 Å². The summed E-state index contributed by atoms with van der Waals surface area (Å²) in [4.78, 5) is 19.3. The maximum Gasteiger partial charge on any atom is 0.493 e. The third kappa shape index (κ3) is 6.13. The predicted octanol–water partition coefficient (Wildman–Crippen LogP) is 4.65. The lowest BCUT2D eigenvalue weighted by molar-refractivity contribution is -0.0945. The number of nitrogens with zero attached hydrogens (tertiary/aromatic N) is 5. The molecule has 5 aromatic rings.